The summed E-state index contributed by atoms with van der Waals surface area (Å²) >= 11 is 0. The van der Waals surface area contributed by atoms with Crippen LogP contribution < -0.4 is 14.4 Å². The molecule has 1 aromatic heterocycles. The standard InChI is InChI=1S/C27H39FN2O4/c1-5-7-17-33-25-12-11-23(26(29-25)34-18-8-6-2)22-10-9-21(19-24(22)28)30-15-13-20(14-16-30)27(31-3)32-4/h9-12,19-20,27H,5-8,13-18H2,1-4H3. The summed E-state index contributed by atoms with van der Waals surface area (Å²) < 4.78 is 37.9. The first kappa shape index (κ1) is 26.2. The monoisotopic (exact) mass is 474 g/mol. The first-order valence-corrected chi connectivity index (χ1v) is 12.5. The van der Waals surface area contributed by atoms with Crippen molar-refractivity contribution in [1.29, 1.82) is 0 Å². The molecule has 1 fully saturated rings. The van der Waals surface area contributed by atoms with Gasteiger partial charge in [-0.2, -0.15) is 4.98 Å². The van der Waals surface area contributed by atoms with Gasteiger partial charge in [0.2, 0.25) is 11.8 Å². The Hall–Kier alpha value is -2.38. The molecule has 0 N–H and O–H groups in total. The highest BCUT2D eigenvalue weighted by Gasteiger charge is 2.27. The second-order valence-corrected chi connectivity index (χ2v) is 8.73. The molecule has 2 aromatic rings. The predicted molar refractivity (Wildman–Crippen MR) is 133 cm³/mol. The summed E-state index contributed by atoms with van der Waals surface area (Å²) in [7, 11) is 3.35. The molecule has 0 radical (unpaired) electrons. The van der Waals surface area contributed by atoms with Gasteiger partial charge >= 0.3 is 0 Å². The Morgan fingerprint density at radius 3 is 2.21 bits per heavy atom. The van der Waals surface area contributed by atoms with Gasteiger partial charge in [0.1, 0.15) is 5.82 Å². The average Bonchev–Trinajstić information content (AvgIpc) is 2.86. The second-order valence-electron chi connectivity index (χ2n) is 8.73. The van der Waals surface area contributed by atoms with Gasteiger partial charge in [-0.05, 0) is 49.9 Å². The highest BCUT2D eigenvalue weighted by molar-refractivity contribution is 5.71. The van der Waals surface area contributed by atoms with E-state index in [4.69, 9.17) is 18.9 Å². The van der Waals surface area contributed by atoms with Gasteiger partial charge < -0.3 is 23.8 Å². The van der Waals surface area contributed by atoms with Crippen LogP contribution in [0.1, 0.15) is 52.4 Å². The fraction of sp³-hybridized carbons (Fsp3) is 0.593. The largest absolute Gasteiger partial charge is 0.478 e. The summed E-state index contributed by atoms with van der Waals surface area (Å²) in [5.74, 6) is 0.990. The maximum atomic E-state index is 15.3. The van der Waals surface area contributed by atoms with Gasteiger partial charge in [0, 0.05) is 56.1 Å². The number of piperidine rings is 1. The van der Waals surface area contributed by atoms with Gasteiger partial charge in [-0.1, -0.05) is 26.7 Å². The number of nitrogens with zero attached hydrogens (tertiary/aromatic N) is 2. The van der Waals surface area contributed by atoms with Crippen LogP contribution in [0.3, 0.4) is 0 Å². The van der Waals surface area contributed by atoms with E-state index in [1.807, 2.05) is 18.2 Å². The minimum Gasteiger partial charge on any atom is -0.478 e. The summed E-state index contributed by atoms with van der Waals surface area (Å²) in [6.07, 6.45) is 5.62. The molecule has 1 saturated heterocycles. The van der Waals surface area contributed by atoms with E-state index in [0.29, 0.717) is 42.0 Å². The van der Waals surface area contributed by atoms with E-state index in [2.05, 4.69) is 23.7 Å². The van der Waals surface area contributed by atoms with Gasteiger partial charge in [0.25, 0.3) is 0 Å². The lowest BCUT2D eigenvalue weighted by atomic mass is 9.95. The average molecular weight is 475 g/mol. The number of ether oxygens (including phenoxy) is 4. The number of unbranched alkanes of at least 4 members (excludes halogenated alkanes) is 2. The van der Waals surface area contributed by atoms with Gasteiger partial charge in [0.05, 0.1) is 13.2 Å². The number of halogens is 1. The van der Waals surface area contributed by atoms with Crippen LogP contribution in [0.2, 0.25) is 0 Å². The number of hydrogen-bond acceptors (Lipinski definition) is 6. The molecule has 1 aromatic carbocycles. The lowest BCUT2D eigenvalue weighted by Crippen LogP contribution is -2.39. The zero-order valence-corrected chi connectivity index (χ0v) is 21.0. The smallest absolute Gasteiger partial charge is 0.224 e. The maximum Gasteiger partial charge on any atom is 0.224 e. The minimum atomic E-state index is -0.284. The molecule has 7 heteroatoms. The summed E-state index contributed by atoms with van der Waals surface area (Å²) in [5.41, 5.74) is 2.01. The molecule has 0 aliphatic carbocycles. The normalized spacial score (nSPS) is 14.6. The Kier molecular flexibility index (Phi) is 10.4. The zero-order chi connectivity index (χ0) is 24.3. The van der Waals surface area contributed by atoms with E-state index < -0.39 is 0 Å². The third-order valence-corrected chi connectivity index (χ3v) is 6.32. The van der Waals surface area contributed by atoms with Crippen molar-refractivity contribution in [2.75, 3.05) is 45.4 Å². The van der Waals surface area contributed by atoms with Crippen LogP contribution in [0.5, 0.6) is 11.8 Å². The summed E-state index contributed by atoms with van der Waals surface area (Å²) in [4.78, 5) is 6.76. The SMILES string of the molecule is CCCCOc1ccc(-c2ccc(N3CCC(C(OC)OC)CC3)cc2F)c(OCCCC)n1. The Morgan fingerprint density at radius 1 is 0.941 bits per heavy atom. The van der Waals surface area contributed by atoms with Crippen LogP contribution in [-0.4, -0.2) is 51.8 Å². The molecule has 34 heavy (non-hydrogen) atoms. The van der Waals surface area contributed by atoms with Crippen LogP contribution >= 0.6 is 0 Å². The highest BCUT2D eigenvalue weighted by Crippen LogP contribution is 2.35. The van der Waals surface area contributed by atoms with Crippen molar-refractivity contribution in [1.82, 2.24) is 4.98 Å². The van der Waals surface area contributed by atoms with Crippen molar-refractivity contribution in [3.05, 3.63) is 36.1 Å². The molecule has 3 rings (SSSR count). The van der Waals surface area contributed by atoms with Crippen molar-refractivity contribution in [3.63, 3.8) is 0 Å². The summed E-state index contributed by atoms with van der Waals surface area (Å²) in [6.45, 7) is 7.03. The van der Waals surface area contributed by atoms with Crippen LogP contribution in [0.4, 0.5) is 10.1 Å². The van der Waals surface area contributed by atoms with Gasteiger partial charge in [-0.15, -0.1) is 0 Å². The predicted octanol–water partition coefficient (Wildman–Crippen LogP) is 6.08. The van der Waals surface area contributed by atoms with Crippen LogP contribution in [0.15, 0.2) is 30.3 Å². The van der Waals surface area contributed by atoms with E-state index in [0.717, 1.165) is 57.3 Å². The summed E-state index contributed by atoms with van der Waals surface area (Å²) in [6, 6.07) is 9.05. The van der Waals surface area contributed by atoms with Crippen LogP contribution in [-0.2, 0) is 9.47 Å². The van der Waals surface area contributed by atoms with Crippen molar-refractivity contribution in [2.24, 2.45) is 5.92 Å². The van der Waals surface area contributed by atoms with E-state index in [9.17, 15) is 0 Å². The molecule has 0 amide bonds. The summed E-state index contributed by atoms with van der Waals surface area (Å²) in [5, 5.41) is 0. The Labute approximate surface area is 203 Å². The van der Waals surface area contributed by atoms with E-state index in [1.54, 1.807) is 26.4 Å². The number of methoxy groups -OCH3 is 2. The van der Waals surface area contributed by atoms with Crippen molar-refractivity contribution < 1.29 is 23.3 Å². The first-order chi connectivity index (χ1) is 16.6. The lowest BCUT2D eigenvalue weighted by molar-refractivity contribution is -0.141. The van der Waals surface area contributed by atoms with Gasteiger partial charge in [-0.3, -0.25) is 0 Å². The van der Waals surface area contributed by atoms with Crippen LogP contribution in [0, 0.1) is 11.7 Å². The zero-order valence-electron chi connectivity index (χ0n) is 21.0. The molecular formula is C27H39FN2O4. The lowest BCUT2D eigenvalue weighted by Gasteiger charge is -2.36. The van der Waals surface area contributed by atoms with Crippen molar-refractivity contribution in [3.8, 4) is 22.9 Å². The fourth-order valence-electron chi connectivity index (χ4n) is 4.28. The number of rotatable bonds is 13. The molecule has 0 spiro atoms. The molecule has 1 aliphatic heterocycles. The Morgan fingerprint density at radius 2 is 1.59 bits per heavy atom. The molecule has 0 atom stereocenters. The minimum absolute atomic E-state index is 0.186. The van der Waals surface area contributed by atoms with Crippen molar-refractivity contribution in [2.45, 2.75) is 58.7 Å². The molecule has 0 saturated carbocycles. The molecule has 188 valence electrons. The Bertz CT molecular complexity index is 883. The van der Waals surface area contributed by atoms with Crippen LogP contribution in [0.25, 0.3) is 11.1 Å². The van der Waals surface area contributed by atoms with Crippen molar-refractivity contribution >= 4 is 5.69 Å². The maximum absolute atomic E-state index is 15.3. The fourth-order valence-corrected chi connectivity index (χ4v) is 4.28. The number of aromatic nitrogens is 1. The molecule has 1 aliphatic rings. The van der Waals surface area contributed by atoms with Gasteiger partial charge in [0.15, 0.2) is 6.29 Å². The molecule has 0 bridgehead atoms. The Balaban J connectivity index is 1.76. The van der Waals surface area contributed by atoms with E-state index in [-0.39, 0.29) is 12.1 Å². The quantitative estimate of drug-likeness (QED) is 0.259. The number of hydrogen-bond donors (Lipinski definition) is 0. The number of pyridine rings is 1. The topological polar surface area (TPSA) is 53.1 Å². The third-order valence-electron chi connectivity index (χ3n) is 6.32. The molecular weight excluding hydrogens is 435 g/mol. The first-order valence-electron chi connectivity index (χ1n) is 12.5. The molecule has 6 nitrogen and oxygen atoms in total. The molecule has 0 unspecified atom stereocenters. The highest BCUT2D eigenvalue weighted by atomic mass is 19.1. The van der Waals surface area contributed by atoms with Gasteiger partial charge in [-0.25, -0.2) is 4.39 Å². The third kappa shape index (κ3) is 6.83. The van der Waals surface area contributed by atoms with E-state index in [1.165, 1.54) is 0 Å². The van der Waals surface area contributed by atoms with E-state index >= 15 is 4.39 Å². The number of anilines is 1. The number of benzene rings is 1. The molecule has 2 heterocycles. The second kappa shape index (κ2) is 13.5.